The van der Waals surface area contributed by atoms with Crippen LogP contribution in [-0.4, -0.2) is 19.2 Å². The number of hydrogen-bond donors (Lipinski definition) is 1. The Morgan fingerprint density at radius 1 is 1.44 bits per heavy atom. The maximum absolute atomic E-state index is 13.6. The van der Waals surface area contributed by atoms with E-state index in [1.54, 1.807) is 12.1 Å². The molecule has 0 radical (unpaired) electrons. The highest BCUT2D eigenvalue weighted by Gasteiger charge is 2.17. The van der Waals surface area contributed by atoms with Gasteiger partial charge in [-0.3, -0.25) is 0 Å². The molecule has 0 unspecified atom stereocenters. The molecule has 2 rings (SSSR count). The van der Waals surface area contributed by atoms with Gasteiger partial charge in [-0.2, -0.15) is 0 Å². The number of halogens is 1. The van der Waals surface area contributed by atoms with Crippen LogP contribution in [0.25, 0.3) is 0 Å². The first-order chi connectivity index (χ1) is 7.65. The summed E-state index contributed by atoms with van der Waals surface area (Å²) in [7, 11) is 0. The van der Waals surface area contributed by atoms with Crippen LogP contribution < -0.4 is 10.1 Å². The van der Waals surface area contributed by atoms with E-state index in [4.69, 9.17) is 4.74 Å². The Balaban J connectivity index is 2.03. The fraction of sp³-hybridized carbons (Fsp3) is 0.538. The van der Waals surface area contributed by atoms with Gasteiger partial charge in [0.05, 0.1) is 6.10 Å². The minimum absolute atomic E-state index is 0.0104. The molecule has 0 spiro atoms. The molecule has 1 aliphatic rings. The average Bonchev–Trinajstić information content (AvgIpc) is 2.15. The summed E-state index contributed by atoms with van der Waals surface area (Å²) >= 11 is 0. The van der Waals surface area contributed by atoms with Gasteiger partial charge in [0, 0.05) is 0 Å². The second kappa shape index (κ2) is 4.83. The van der Waals surface area contributed by atoms with Crippen LogP contribution in [0.15, 0.2) is 18.2 Å². The molecule has 0 aromatic heterocycles. The van der Waals surface area contributed by atoms with Crippen LogP contribution in [0.2, 0.25) is 0 Å². The molecule has 0 aliphatic carbocycles. The molecule has 1 fully saturated rings. The standard InChI is InChI=1S/C13H18FNO/c1-9(2)16-13-4-3-10(6-12(13)14)5-11-7-15-8-11/h3-4,6,9,11,15H,5,7-8H2,1-2H3. The third-order valence-electron chi connectivity index (χ3n) is 2.75. The molecule has 1 saturated heterocycles. The summed E-state index contributed by atoms with van der Waals surface area (Å²) in [5.41, 5.74) is 1.06. The van der Waals surface area contributed by atoms with E-state index in [-0.39, 0.29) is 11.9 Å². The lowest BCUT2D eigenvalue weighted by Gasteiger charge is -2.27. The highest BCUT2D eigenvalue weighted by Crippen LogP contribution is 2.22. The van der Waals surface area contributed by atoms with E-state index < -0.39 is 0 Å². The van der Waals surface area contributed by atoms with Crippen LogP contribution >= 0.6 is 0 Å². The molecule has 1 aliphatic heterocycles. The molecule has 3 heteroatoms. The summed E-state index contributed by atoms with van der Waals surface area (Å²) in [4.78, 5) is 0. The molecule has 1 heterocycles. The van der Waals surface area contributed by atoms with Crippen molar-refractivity contribution in [1.29, 1.82) is 0 Å². The molecule has 0 atom stereocenters. The molecule has 88 valence electrons. The van der Waals surface area contributed by atoms with Crippen molar-refractivity contribution in [2.45, 2.75) is 26.4 Å². The molecule has 1 aromatic carbocycles. The molecular weight excluding hydrogens is 205 g/mol. The average molecular weight is 223 g/mol. The number of hydrogen-bond acceptors (Lipinski definition) is 2. The third kappa shape index (κ3) is 2.73. The zero-order valence-corrected chi connectivity index (χ0v) is 9.79. The third-order valence-corrected chi connectivity index (χ3v) is 2.75. The number of benzene rings is 1. The Morgan fingerprint density at radius 2 is 2.19 bits per heavy atom. The van der Waals surface area contributed by atoms with Crippen molar-refractivity contribution in [3.05, 3.63) is 29.6 Å². The Labute approximate surface area is 95.8 Å². The predicted octanol–water partition coefficient (Wildman–Crippen LogP) is 2.37. The van der Waals surface area contributed by atoms with Crippen LogP contribution in [0.3, 0.4) is 0 Å². The van der Waals surface area contributed by atoms with Gasteiger partial charge in [-0.05, 0) is 57.0 Å². The summed E-state index contributed by atoms with van der Waals surface area (Å²) in [6.45, 7) is 5.89. The lowest BCUT2D eigenvalue weighted by Crippen LogP contribution is -2.43. The highest BCUT2D eigenvalue weighted by atomic mass is 19.1. The molecule has 16 heavy (non-hydrogen) atoms. The summed E-state index contributed by atoms with van der Waals surface area (Å²) < 4.78 is 19.0. The van der Waals surface area contributed by atoms with Crippen molar-refractivity contribution in [2.24, 2.45) is 5.92 Å². The summed E-state index contributed by atoms with van der Waals surface area (Å²) in [5, 5.41) is 3.22. The maximum Gasteiger partial charge on any atom is 0.165 e. The normalized spacial score (nSPS) is 16.2. The van der Waals surface area contributed by atoms with E-state index in [1.807, 2.05) is 19.9 Å². The van der Waals surface area contributed by atoms with Crippen molar-refractivity contribution in [1.82, 2.24) is 5.32 Å². The van der Waals surface area contributed by atoms with Gasteiger partial charge in [-0.25, -0.2) is 4.39 Å². The van der Waals surface area contributed by atoms with E-state index >= 15 is 0 Å². The molecule has 2 nitrogen and oxygen atoms in total. The lowest BCUT2D eigenvalue weighted by atomic mass is 9.94. The van der Waals surface area contributed by atoms with E-state index in [2.05, 4.69) is 5.32 Å². The Bertz CT molecular complexity index is 361. The van der Waals surface area contributed by atoms with E-state index in [9.17, 15) is 4.39 Å². The number of rotatable bonds is 4. The first kappa shape index (κ1) is 11.4. The lowest BCUT2D eigenvalue weighted by molar-refractivity contribution is 0.231. The molecule has 1 N–H and O–H groups in total. The Morgan fingerprint density at radius 3 is 2.69 bits per heavy atom. The van der Waals surface area contributed by atoms with Crippen molar-refractivity contribution >= 4 is 0 Å². The first-order valence-electron chi connectivity index (χ1n) is 5.81. The SMILES string of the molecule is CC(C)Oc1ccc(CC2CNC2)cc1F. The van der Waals surface area contributed by atoms with E-state index in [1.165, 1.54) is 0 Å². The van der Waals surface area contributed by atoms with Crippen LogP contribution in [0, 0.1) is 11.7 Å². The number of nitrogens with one attached hydrogen (secondary N) is 1. The van der Waals surface area contributed by atoms with Crippen molar-refractivity contribution in [2.75, 3.05) is 13.1 Å². The van der Waals surface area contributed by atoms with Gasteiger partial charge in [-0.15, -0.1) is 0 Å². The molecule has 1 aromatic rings. The molecule has 0 saturated carbocycles. The van der Waals surface area contributed by atoms with Crippen LogP contribution in [0.5, 0.6) is 5.75 Å². The summed E-state index contributed by atoms with van der Waals surface area (Å²) in [6.07, 6.45) is 0.961. The van der Waals surface area contributed by atoms with Crippen LogP contribution in [0.1, 0.15) is 19.4 Å². The quantitative estimate of drug-likeness (QED) is 0.846. The van der Waals surface area contributed by atoms with Crippen LogP contribution in [0.4, 0.5) is 4.39 Å². The highest BCUT2D eigenvalue weighted by molar-refractivity contribution is 5.30. The number of ether oxygens (including phenoxy) is 1. The topological polar surface area (TPSA) is 21.3 Å². The zero-order chi connectivity index (χ0) is 11.5. The largest absolute Gasteiger partial charge is 0.488 e. The van der Waals surface area contributed by atoms with Gasteiger partial charge >= 0.3 is 0 Å². The maximum atomic E-state index is 13.6. The van der Waals surface area contributed by atoms with Gasteiger partial charge in [0.1, 0.15) is 0 Å². The molecule has 0 bridgehead atoms. The van der Waals surface area contributed by atoms with Gasteiger partial charge in [0.25, 0.3) is 0 Å². The predicted molar refractivity (Wildman–Crippen MR) is 62.2 cm³/mol. The van der Waals surface area contributed by atoms with Gasteiger partial charge < -0.3 is 10.1 Å². The van der Waals surface area contributed by atoms with Crippen molar-refractivity contribution in [3.8, 4) is 5.75 Å². The molecular formula is C13H18FNO. The fourth-order valence-corrected chi connectivity index (χ4v) is 1.85. The fourth-order valence-electron chi connectivity index (χ4n) is 1.85. The van der Waals surface area contributed by atoms with E-state index in [0.29, 0.717) is 11.7 Å². The first-order valence-corrected chi connectivity index (χ1v) is 5.81. The zero-order valence-electron chi connectivity index (χ0n) is 9.79. The molecule has 0 amide bonds. The van der Waals surface area contributed by atoms with E-state index in [0.717, 1.165) is 25.1 Å². The Kier molecular flexibility index (Phi) is 3.44. The minimum Gasteiger partial charge on any atom is -0.488 e. The smallest absolute Gasteiger partial charge is 0.165 e. The van der Waals surface area contributed by atoms with Gasteiger partial charge in [-0.1, -0.05) is 6.07 Å². The summed E-state index contributed by atoms with van der Waals surface area (Å²) in [5.74, 6) is 0.764. The second-order valence-corrected chi connectivity index (χ2v) is 4.66. The second-order valence-electron chi connectivity index (χ2n) is 4.66. The van der Waals surface area contributed by atoms with Gasteiger partial charge in [0.2, 0.25) is 0 Å². The Hall–Kier alpha value is -1.09. The monoisotopic (exact) mass is 223 g/mol. The van der Waals surface area contributed by atoms with Gasteiger partial charge in [0.15, 0.2) is 11.6 Å². The minimum atomic E-state index is -0.251. The van der Waals surface area contributed by atoms with Crippen LogP contribution in [-0.2, 0) is 6.42 Å². The van der Waals surface area contributed by atoms with Crippen molar-refractivity contribution < 1.29 is 9.13 Å². The summed E-state index contributed by atoms with van der Waals surface area (Å²) in [6, 6.07) is 5.28. The van der Waals surface area contributed by atoms with Crippen molar-refractivity contribution in [3.63, 3.8) is 0 Å².